The molecule has 2 rings (SSSR count). The van der Waals surface area contributed by atoms with E-state index in [0.29, 0.717) is 5.78 Å². The molecule has 0 saturated heterocycles. The quantitative estimate of drug-likeness (QED) is 0.503. The van der Waals surface area contributed by atoms with E-state index in [9.17, 15) is 4.79 Å². The first-order valence-electron chi connectivity index (χ1n) is 4.95. The predicted molar refractivity (Wildman–Crippen MR) is 48.8 cm³/mol. The van der Waals surface area contributed by atoms with Crippen LogP contribution in [0.25, 0.3) is 0 Å². The van der Waals surface area contributed by atoms with Gasteiger partial charge in [-0.05, 0) is 31.1 Å². The molecule has 1 spiro atoms. The van der Waals surface area contributed by atoms with Gasteiger partial charge < -0.3 is 0 Å². The van der Waals surface area contributed by atoms with Gasteiger partial charge in [-0.25, -0.2) is 0 Å². The molecule has 1 heteroatoms. The third-order valence-electron chi connectivity index (χ3n) is 3.64. The van der Waals surface area contributed by atoms with Crippen molar-refractivity contribution in [1.29, 1.82) is 0 Å². The Bertz CT molecular complexity index is 229. The molecule has 2 aliphatic carbocycles. The summed E-state index contributed by atoms with van der Waals surface area (Å²) in [7, 11) is 0. The summed E-state index contributed by atoms with van der Waals surface area (Å²) in [4.78, 5) is 11.4. The lowest BCUT2D eigenvalue weighted by Crippen LogP contribution is -2.25. The lowest BCUT2D eigenvalue weighted by molar-refractivity contribution is -0.121. The lowest BCUT2D eigenvalue weighted by atomic mass is 9.72. The summed E-state index contributed by atoms with van der Waals surface area (Å²) in [5.74, 6) is 0.760. The van der Waals surface area contributed by atoms with Gasteiger partial charge in [0.05, 0.1) is 0 Å². The van der Waals surface area contributed by atoms with Crippen molar-refractivity contribution in [3.63, 3.8) is 0 Å². The normalized spacial score (nSPS) is 41.1. The first-order valence-corrected chi connectivity index (χ1v) is 4.95. The molecule has 1 fully saturated rings. The van der Waals surface area contributed by atoms with Crippen LogP contribution in [0.4, 0.5) is 0 Å². The van der Waals surface area contributed by atoms with Gasteiger partial charge in [0.25, 0.3) is 0 Å². The van der Waals surface area contributed by atoms with Crippen LogP contribution >= 0.6 is 0 Å². The molecule has 2 unspecified atom stereocenters. The van der Waals surface area contributed by atoms with E-state index in [1.807, 2.05) is 0 Å². The van der Waals surface area contributed by atoms with E-state index in [0.717, 1.165) is 12.8 Å². The summed E-state index contributed by atoms with van der Waals surface area (Å²) >= 11 is 0. The number of rotatable bonds is 0. The number of hydrogen-bond donors (Lipinski definition) is 0. The fraction of sp³-hybridized carbons (Fsp3) is 0.727. The fourth-order valence-electron chi connectivity index (χ4n) is 2.63. The average molecular weight is 164 g/mol. The molecule has 0 N–H and O–H groups in total. The predicted octanol–water partition coefficient (Wildman–Crippen LogP) is 2.71. The van der Waals surface area contributed by atoms with Crippen LogP contribution in [0.3, 0.4) is 0 Å². The summed E-state index contributed by atoms with van der Waals surface area (Å²) in [6.07, 6.45) is 10.2. The maximum absolute atomic E-state index is 11.4. The molecule has 0 heterocycles. The van der Waals surface area contributed by atoms with E-state index in [2.05, 4.69) is 19.1 Å². The number of carbonyl (C=O) groups is 1. The second-order valence-corrected chi connectivity index (χ2v) is 4.22. The maximum atomic E-state index is 11.4. The molecule has 1 nitrogen and oxygen atoms in total. The number of carbonyl (C=O) groups excluding carboxylic acids is 1. The summed E-state index contributed by atoms with van der Waals surface area (Å²) in [5.41, 5.74) is 0.273. The first kappa shape index (κ1) is 8.03. The molecule has 0 aromatic heterocycles. The summed E-state index contributed by atoms with van der Waals surface area (Å²) in [5, 5.41) is 0. The zero-order valence-corrected chi connectivity index (χ0v) is 7.68. The smallest absolute Gasteiger partial charge is 0.136 e. The highest BCUT2D eigenvalue weighted by Gasteiger charge is 2.43. The molecule has 0 aliphatic heterocycles. The number of hydrogen-bond acceptors (Lipinski definition) is 1. The van der Waals surface area contributed by atoms with Crippen molar-refractivity contribution in [2.75, 3.05) is 0 Å². The lowest BCUT2D eigenvalue weighted by Gasteiger charge is -2.32. The summed E-state index contributed by atoms with van der Waals surface area (Å²) < 4.78 is 0. The van der Waals surface area contributed by atoms with Crippen molar-refractivity contribution in [1.82, 2.24) is 0 Å². The zero-order chi connectivity index (χ0) is 8.60. The minimum absolute atomic E-state index is 0.273. The number of allylic oxidation sites excluding steroid dienone is 2. The first-order chi connectivity index (χ1) is 5.75. The molecule has 0 radical (unpaired) electrons. The van der Waals surface area contributed by atoms with E-state index in [1.54, 1.807) is 0 Å². The van der Waals surface area contributed by atoms with Gasteiger partial charge >= 0.3 is 0 Å². The third kappa shape index (κ3) is 1.03. The van der Waals surface area contributed by atoms with E-state index in [-0.39, 0.29) is 11.3 Å². The van der Waals surface area contributed by atoms with Gasteiger partial charge in [0.15, 0.2) is 0 Å². The second-order valence-electron chi connectivity index (χ2n) is 4.22. The van der Waals surface area contributed by atoms with E-state index < -0.39 is 0 Å². The van der Waals surface area contributed by atoms with Crippen LogP contribution < -0.4 is 0 Å². The Morgan fingerprint density at radius 3 is 2.83 bits per heavy atom. The van der Waals surface area contributed by atoms with Crippen molar-refractivity contribution in [2.24, 2.45) is 11.3 Å². The van der Waals surface area contributed by atoms with Gasteiger partial charge in [-0.2, -0.15) is 0 Å². The van der Waals surface area contributed by atoms with Gasteiger partial charge in [0.1, 0.15) is 5.78 Å². The molecule has 12 heavy (non-hydrogen) atoms. The number of ketones is 1. The molecule has 0 bridgehead atoms. The summed E-state index contributed by atoms with van der Waals surface area (Å²) in [6.45, 7) is 2.10. The second kappa shape index (κ2) is 2.72. The van der Waals surface area contributed by atoms with E-state index >= 15 is 0 Å². The highest BCUT2D eigenvalue weighted by Crippen LogP contribution is 2.47. The van der Waals surface area contributed by atoms with Crippen LogP contribution in [0.15, 0.2) is 12.2 Å². The number of Topliss-reactive ketones (excluding diaryl/α,β-unsaturated/α-hetero) is 1. The van der Waals surface area contributed by atoms with Crippen LogP contribution in [0.5, 0.6) is 0 Å². The van der Waals surface area contributed by atoms with Gasteiger partial charge in [-0.15, -0.1) is 0 Å². The van der Waals surface area contributed by atoms with Crippen LogP contribution in [-0.4, -0.2) is 5.78 Å². The highest BCUT2D eigenvalue weighted by molar-refractivity contribution is 5.84. The Morgan fingerprint density at radius 1 is 1.50 bits per heavy atom. The van der Waals surface area contributed by atoms with Crippen molar-refractivity contribution >= 4 is 5.78 Å². The van der Waals surface area contributed by atoms with E-state index in [4.69, 9.17) is 0 Å². The Balaban J connectivity index is 2.25. The molecule has 1 saturated carbocycles. The highest BCUT2D eigenvalue weighted by atomic mass is 16.1. The Labute approximate surface area is 73.8 Å². The minimum Gasteiger partial charge on any atom is -0.299 e. The summed E-state index contributed by atoms with van der Waals surface area (Å²) in [6, 6.07) is 0. The fourth-order valence-corrected chi connectivity index (χ4v) is 2.63. The van der Waals surface area contributed by atoms with Crippen molar-refractivity contribution in [2.45, 2.75) is 39.0 Å². The third-order valence-corrected chi connectivity index (χ3v) is 3.64. The minimum atomic E-state index is 0.273. The largest absolute Gasteiger partial charge is 0.299 e. The molecule has 2 aliphatic rings. The van der Waals surface area contributed by atoms with Crippen molar-refractivity contribution in [3.8, 4) is 0 Å². The van der Waals surface area contributed by atoms with Crippen LogP contribution in [-0.2, 0) is 4.79 Å². The molecule has 2 atom stereocenters. The van der Waals surface area contributed by atoms with E-state index in [1.165, 1.54) is 19.3 Å². The molecule has 0 amide bonds. The van der Waals surface area contributed by atoms with Crippen LogP contribution in [0.2, 0.25) is 0 Å². The monoisotopic (exact) mass is 164 g/mol. The standard InChI is InChI=1S/C11H16O/c1-9-10(12)5-8-11(9)6-3-2-4-7-11/h3,6,9H,2,4-5,7-8H2,1H3. The molecule has 0 aromatic carbocycles. The molecule has 66 valence electrons. The Kier molecular flexibility index (Phi) is 1.82. The van der Waals surface area contributed by atoms with Crippen molar-refractivity contribution < 1.29 is 4.79 Å². The Morgan fingerprint density at radius 2 is 2.33 bits per heavy atom. The van der Waals surface area contributed by atoms with Crippen molar-refractivity contribution in [3.05, 3.63) is 12.2 Å². The molecule has 0 aromatic rings. The van der Waals surface area contributed by atoms with Gasteiger partial charge in [-0.3, -0.25) is 4.79 Å². The van der Waals surface area contributed by atoms with Gasteiger partial charge in [0.2, 0.25) is 0 Å². The Hall–Kier alpha value is -0.590. The molecular weight excluding hydrogens is 148 g/mol. The van der Waals surface area contributed by atoms with Crippen LogP contribution in [0, 0.1) is 11.3 Å². The van der Waals surface area contributed by atoms with Gasteiger partial charge in [-0.1, -0.05) is 19.1 Å². The van der Waals surface area contributed by atoms with Crippen LogP contribution in [0.1, 0.15) is 39.0 Å². The van der Waals surface area contributed by atoms with Gasteiger partial charge in [0, 0.05) is 12.3 Å². The average Bonchev–Trinajstić information content (AvgIpc) is 2.37. The molecular formula is C11H16O. The zero-order valence-electron chi connectivity index (χ0n) is 7.68. The topological polar surface area (TPSA) is 17.1 Å². The SMILES string of the molecule is CC1C(=O)CCC12C=CCCC2. The maximum Gasteiger partial charge on any atom is 0.136 e.